The van der Waals surface area contributed by atoms with E-state index in [0.717, 1.165) is 34.4 Å². The van der Waals surface area contributed by atoms with Gasteiger partial charge in [0.05, 0.1) is 18.3 Å². The van der Waals surface area contributed by atoms with Crippen molar-refractivity contribution in [3.8, 4) is 0 Å². The third kappa shape index (κ3) is 4.85. The van der Waals surface area contributed by atoms with Crippen molar-refractivity contribution in [3.05, 3.63) is 70.8 Å². The van der Waals surface area contributed by atoms with Crippen LogP contribution < -0.4 is 5.32 Å². The lowest BCUT2D eigenvalue weighted by atomic mass is 10.00. The molecule has 1 aliphatic heterocycles. The van der Waals surface area contributed by atoms with E-state index in [2.05, 4.69) is 28.6 Å². The quantitative estimate of drug-likeness (QED) is 0.830. The van der Waals surface area contributed by atoms with Gasteiger partial charge in [-0.2, -0.15) is 5.10 Å². The van der Waals surface area contributed by atoms with E-state index >= 15 is 0 Å². The Labute approximate surface area is 166 Å². The van der Waals surface area contributed by atoms with E-state index in [-0.39, 0.29) is 30.7 Å². The van der Waals surface area contributed by atoms with Crippen LogP contribution in [0.15, 0.2) is 53.6 Å². The number of hydrogen-bond donors (Lipinski definition) is 1. The highest BCUT2D eigenvalue weighted by Crippen LogP contribution is 2.19. The van der Waals surface area contributed by atoms with E-state index in [1.54, 1.807) is 0 Å². The van der Waals surface area contributed by atoms with Crippen molar-refractivity contribution in [2.24, 2.45) is 5.10 Å². The summed E-state index contributed by atoms with van der Waals surface area (Å²) in [6.45, 7) is 6.62. The molecule has 1 N–H and O–H groups in total. The number of hydrogen-bond acceptors (Lipinski definition) is 3. The number of aryl methyl sites for hydroxylation is 2. The summed E-state index contributed by atoms with van der Waals surface area (Å²) < 4.78 is 0. The Morgan fingerprint density at radius 1 is 1.11 bits per heavy atom. The Balaban J connectivity index is 1.51. The number of amides is 2. The van der Waals surface area contributed by atoms with Crippen LogP contribution >= 0.6 is 0 Å². The van der Waals surface area contributed by atoms with Crippen molar-refractivity contribution in [2.75, 3.05) is 6.54 Å². The van der Waals surface area contributed by atoms with Gasteiger partial charge in [-0.3, -0.25) is 9.59 Å². The lowest BCUT2D eigenvalue weighted by Gasteiger charge is -2.18. The molecule has 3 rings (SSSR count). The molecule has 1 atom stereocenters. The smallest absolute Gasteiger partial charge is 0.243 e. The average molecular weight is 377 g/mol. The van der Waals surface area contributed by atoms with Crippen molar-refractivity contribution in [2.45, 2.75) is 46.1 Å². The molecule has 1 aliphatic rings. The molecule has 0 aliphatic carbocycles. The Kier molecular flexibility index (Phi) is 6.24. The van der Waals surface area contributed by atoms with Crippen LogP contribution in [-0.4, -0.2) is 29.1 Å². The zero-order valence-corrected chi connectivity index (χ0v) is 16.7. The Morgan fingerprint density at radius 3 is 2.61 bits per heavy atom. The molecule has 0 spiro atoms. The summed E-state index contributed by atoms with van der Waals surface area (Å²) in [4.78, 5) is 24.7. The maximum atomic E-state index is 12.4. The molecule has 1 unspecified atom stereocenters. The van der Waals surface area contributed by atoms with Crippen LogP contribution in [0.5, 0.6) is 0 Å². The van der Waals surface area contributed by atoms with Gasteiger partial charge in [0.15, 0.2) is 0 Å². The normalized spacial score (nSPS) is 14.5. The summed E-state index contributed by atoms with van der Waals surface area (Å²) >= 11 is 0. The fourth-order valence-corrected chi connectivity index (χ4v) is 3.44. The fourth-order valence-electron chi connectivity index (χ4n) is 3.44. The van der Waals surface area contributed by atoms with Gasteiger partial charge in [-0.25, -0.2) is 5.01 Å². The van der Waals surface area contributed by atoms with Crippen LogP contribution in [0, 0.1) is 13.8 Å². The number of nitrogens with one attached hydrogen (secondary N) is 1. The number of carbonyl (C=O) groups excluding carboxylic acids is 2. The zero-order chi connectivity index (χ0) is 20.1. The standard InChI is InChI=1S/C23H27N3O2/c1-16-9-10-17(2)20(15-16)18(3)24-22(27)11-12-23(28)26-14-13-21(25-26)19-7-5-4-6-8-19/h4-10,15,18H,11-14H2,1-3H3,(H,24,27). The molecule has 146 valence electrons. The molecule has 2 aromatic carbocycles. The molecule has 5 nitrogen and oxygen atoms in total. The maximum absolute atomic E-state index is 12.4. The summed E-state index contributed by atoms with van der Waals surface area (Å²) in [6.07, 6.45) is 1.07. The highest BCUT2D eigenvalue weighted by Gasteiger charge is 2.22. The molecule has 0 fully saturated rings. The molecular formula is C23H27N3O2. The first-order chi connectivity index (χ1) is 13.4. The van der Waals surface area contributed by atoms with E-state index in [1.165, 1.54) is 5.01 Å². The largest absolute Gasteiger partial charge is 0.350 e. The van der Waals surface area contributed by atoms with Gasteiger partial charge in [0, 0.05) is 19.3 Å². The number of benzene rings is 2. The fraction of sp³-hybridized carbons (Fsp3) is 0.348. The van der Waals surface area contributed by atoms with Crippen molar-refractivity contribution < 1.29 is 9.59 Å². The van der Waals surface area contributed by atoms with Gasteiger partial charge in [-0.1, -0.05) is 54.1 Å². The molecular weight excluding hydrogens is 350 g/mol. The molecule has 0 aromatic heterocycles. The van der Waals surface area contributed by atoms with Crippen LogP contribution in [0.3, 0.4) is 0 Å². The topological polar surface area (TPSA) is 61.8 Å². The van der Waals surface area contributed by atoms with Gasteiger partial charge in [-0.15, -0.1) is 0 Å². The molecule has 0 saturated carbocycles. The third-order valence-corrected chi connectivity index (χ3v) is 5.04. The predicted molar refractivity (Wildman–Crippen MR) is 111 cm³/mol. The Hall–Kier alpha value is -2.95. The molecule has 5 heteroatoms. The van der Waals surface area contributed by atoms with Crippen LogP contribution in [0.2, 0.25) is 0 Å². The Morgan fingerprint density at radius 2 is 1.86 bits per heavy atom. The Bertz CT molecular complexity index is 890. The average Bonchev–Trinajstić information content (AvgIpc) is 3.19. The second-order valence-corrected chi connectivity index (χ2v) is 7.33. The van der Waals surface area contributed by atoms with E-state index in [0.29, 0.717) is 6.54 Å². The second-order valence-electron chi connectivity index (χ2n) is 7.33. The number of rotatable bonds is 6. The molecule has 2 amide bonds. The summed E-state index contributed by atoms with van der Waals surface area (Å²) in [6, 6.07) is 16.0. The summed E-state index contributed by atoms with van der Waals surface area (Å²) in [5, 5.41) is 8.92. The van der Waals surface area contributed by atoms with Crippen molar-refractivity contribution in [3.63, 3.8) is 0 Å². The van der Waals surface area contributed by atoms with E-state index in [9.17, 15) is 9.59 Å². The van der Waals surface area contributed by atoms with Gasteiger partial charge in [-0.05, 0) is 37.5 Å². The minimum atomic E-state index is -0.117. The van der Waals surface area contributed by atoms with Crippen LogP contribution in [0.1, 0.15) is 54.5 Å². The molecule has 0 bridgehead atoms. The summed E-state index contributed by atoms with van der Waals surface area (Å²) in [7, 11) is 0. The SMILES string of the molecule is Cc1ccc(C)c(C(C)NC(=O)CCC(=O)N2CCC(c3ccccc3)=N2)c1. The summed E-state index contributed by atoms with van der Waals surface area (Å²) in [5.41, 5.74) is 5.38. The van der Waals surface area contributed by atoms with E-state index in [1.807, 2.05) is 51.1 Å². The highest BCUT2D eigenvalue weighted by atomic mass is 16.2. The lowest BCUT2D eigenvalue weighted by molar-refractivity contribution is -0.133. The first-order valence-corrected chi connectivity index (χ1v) is 9.74. The number of carbonyl (C=O) groups is 2. The molecule has 0 saturated heterocycles. The summed E-state index contributed by atoms with van der Waals surface area (Å²) in [5.74, 6) is -0.228. The van der Waals surface area contributed by atoms with Gasteiger partial charge in [0.1, 0.15) is 0 Å². The number of hydrazone groups is 1. The van der Waals surface area contributed by atoms with Crippen LogP contribution in [0.25, 0.3) is 0 Å². The number of nitrogens with zero attached hydrogens (tertiary/aromatic N) is 2. The van der Waals surface area contributed by atoms with Gasteiger partial charge < -0.3 is 5.32 Å². The highest BCUT2D eigenvalue weighted by molar-refractivity contribution is 6.02. The first-order valence-electron chi connectivity index (χ1n) is 9.74. The monoisotopic (exact) mass is 377 g/mol. The minimum Gasteiger partial charge on any atom is -0.350 e. The second kappa shape index (κ2) is 8.83. The van der Waals surface area contributed by atoms with E-state index in [4.69, 9.17) is 0 Å². The molecule has 28 heavy (non-hydrogen) atoms. The molecule has 1 heterocycles. The first kappa shape index (κ1) is 19.8. The van der Waals surface area contributed by atoms with Crippen molar-refractivity contribution in [1.29, 1.82) is 0 Å². The minimum absolute atomic E-state index is 0.0861. The van der Waals surface area contributed by atoms with Crippen LogP contribution in [-0.2, 0) is 9.59 Å². The van der Waals surface area contributed by atoms with Gasteiger partial charge in [0.2, 0.25) is 11.8 Å². The molecule has 2 aromatic rings. The lowest BCUT2D eigenvalue weighted by Crippen LogP contribution is -2.29. The zero-order valence-electron chi connectivity index (χ0n) is 16.7. The van der Waals surface area contributed by atoms with Gasteiger partial charge >= 0.3 is 0 Å². The predicted octanol–water partition coefficient (Wildman–Crippen LogP) is 3.90. The van der Waals surface area contributed by atoms with E-state index < -0.39 is 0 Å². The van der Waals surface area contributed by atoms with Gasteiger partial charge in [0.25, 0.3) is 0 Å². The van der Waals surface area contributed by atoms with Crippen molar-refractivity contribution >= 4 is 17.5 Å². The van der Waals surface area contributed by atoms with Crippen molar-refractivity contribution in [1.82, 2.24) is 10.3 Å². The maximum Gasteiger partial charge on any atom is 0.243 e. The molecule has 0 radical (unpaired) electrons. The van der Waals surface area contributed by atoms with Crippen LogP contribution in [0.4, 0.5) is 0 Å². The third-order valence-electron chi connectivity index (χ3n) is 5.04.